The molecule has 2 aromatic rings. The molecule has 20 heavy (non-hydrogen) atoms. The third-order valence-corrected chi connectivity index (χ3v) is 4.00. The zero-order valence-electron chi connectivity index (χ0n) is 12.0. The summed E-state index contributed by atoms with van der Waals surface area (Å²) in [4.78, 5) is 2.44. The molecule has 0 spiro atoms. The van der Waals surface area contributed by atoms with Gasteiger partial charge in [-0.1, -0.05) is 30.3 Å². The monoisotopic (exact) mass is 270 g/mol. The van der Waals surface area contributed by atoms with Gasteiger partial charge >= 0.3 is 0 Å². The second-order valence-electron chi connectivity index (χ2n) is 5.47. The van der Waals surface area contributed by atoms with Gasteiger partial charge in [0, 0.05) is 37.3 Å². The van der Waals surface area contributed by atoms with Crippen molar-refractivity contribution in [3.8, 4) is 0 Å². The fourth-order valence-corrected chi connectivity index (χ4v) is 3.01. The van der Waals surface area contributed by atoms with Crippen molar-refractivity contribution in [1.82, 2.24) is 0 Å². The molecule has 0 radical (unpaired) electrons. The first-order valence-electron chi connectivity index (χ1n) is 7.37. The molecule has 1 aliphatic rings. The van der Waals surface area contributed by atoms with E-state index in [1.807, 2.05) is 0 Å². The highest BCUT2D eigenvalue weighted by Gasteiger charge is 2.17. The van der Waals surface area contributed by atoms with Gasteiger partial charge in [-0.05, 0) is 30.4 Å². The van der Waals surface area contributed by atoms with Gasteiger partial charge in [-0.3, -0.25) is 0 Å². The predicted octanol–water partition coefficient (Wildman–Crippen LogP) is 2.91. The second-order valence-corrected chi connectivity index (χ2v) is 5.47. The van der Waals surface area contributed by atoms with E-state index in [0.717, 1.165) is 26.1 Å². The summed E-state index contributed by atoms with van der Waals surface area (Å²) in [6.45, 7) is 5.59. The van der Waals surface area contributed by atoms with Crippen LogP contribution in [0.5, 0.6) is 0 Å². The lowest BCUT2D eigenvalue weighted by Crippen LogP contribution is -2.30. The Labute approximate surface area is 120 Å². The van der Waals surface area contributed by atoms with Crippen LogP contribution in [0.25, 0.3) is 10.8 Å². The molecule has 0 aromatic heterocycles. The summed E-state index contributed by atoms with van der Waals surface area (Å²) in [5.74, 6) is 0. The smallest absolute Gasteiger partial charge is 0.0721 e. The highest BCUT2D eigenvalue weighted by molar-refractivity contribution is 5.96. The first-order valence-corrected chi connectivity index (χ1v) is 7.37. The highest BCUT2D eigenvalue weighted by Crippen LogP contribution is 2.30. The quantitative estimate of drug-likeness (QED) is 0.912. The molecule has 1 aliphatic heterocycles. The van der Waals surface area contributed by atoms with Crippen molar-refractivity contribution in [2.45, 2.75) is 26.0 Å². The van der Waals surface area contributed by atoms with E-state index in [4.69, 9.17) is 10.5 Å². The Morgan fingerprint density at radius 2 is 2.00 bits per heavy atom. The summed E-state index contributed by atoms with van der Waals surface area (Å²) < 4.78 is 5.75. The normalized spacial score (nSPS) is 20.1. The first kappa shape index (κ1) is 13.4. The van der Waals surface area contributed by atoms with E-state index in [1.165, 1.54) is 22.0 Å². The number of anilines is 1. The average molecular weight is 270 g/mol. The van der Waals surface area contributed by atoms with E-state index in [2.05, 4.69) is 48.2 Å². The Kier molecular flexibility index (Phi) is 3.90. The van der Waals surface area contributed by atoms with Crippen LogP contribution in [0, 0.1) is 0 Å². The topological polar surface area (TPSA) is 38.5 Å². The van der Waals surface area contributed by atoms with Crippen molar-refractivity contribution < 1.29 is 4.74 Å². The maximum atomic E-state index is 5.86. The van der Waals surface area contributed by atoms with Crippen LogP contribution in [0.1, 0.15) is 18.9 Å². The minimum absolute atomic E-state index is 0.283. The van der Waals surface area contributed by atoms with Gasteiger partial charge in [-0.2, -0.15) is 0 Å². The molecular weight excluding hydrogens is 248 g/mol. The lowest BCUT2D eigenvalue weighted by molar-refractivity contribution is 0.0821. The van der Waals surface area contributed by atoms with Crippen LogP contribution >= 0.6 is 0 Å². The molecule has 2 aromatic carbocycles. The fraction of sp³-hybridized carbons (Fsp3) is 0.412. The van der Waals surface area contributed by atoms with Crippen molar-refractivity contribution in [2.75, 3.05) is 24.6 Å². The van der Waals surface area contributed by atoms with Crippen molar-refractivity contribution in [3.05, 3.63) is 42.0 Å². The van der Waals surface area contributed by atoms with E-state index >= 15 is 0 Å². The van der Waals surface area contributed by atoms with Crippen LogP contribution < -0.4 is 10.6 Å². The number of hydrogen-bond acceptors (Lipinski definition) is 3. The first-order chi connectivity index (χ1) is 9.79. The van der Waals surface area contributed by atoms with E-state index < -0.39 is 0 Å². The number of rotatable bonds is 2. The summed E-state index contributed by atoms with van der Waals surface area (Å²) in [7, 11) is 0. The molecule has 1 fully saturated rings. The Balaban J connectivity index is 2.07. The Morgan fingerprint density at radius 1 is 1.20 bits per heavy atom. The number of benzene rings is 2. The Morgan fingerprint density at radius 3 is 2.80 bits per heavy atom. The lowest BCUT2D eigenvalue weighted by atomic mass is 10.0. The van der Waals surface area contributed by atoms with Gasteiger partial charge in [0.25, 0.3) is 0 Å². The van der Waals surface area contributed by atoms with Crippen LogP contribution in [0.15, 0.2) is 36.4 Å². The number of ether oxygens (including phenoxy) is 1. The summed E-state index contributed by atoms with van der Waals surface area (Å²) in [5.41, 5.74) is 8.37. The maximum Gasteiger partial charge on any atom is 0.0721 e. The zero-order chi connectivity index (χ0) is 13.9. The van der Waals surface area contributed by atoms with Gasteiger partial charge in [-0.25, -0.2) is 0 Å². The third-order valence-electron chi connectivity index (χ3n) is 4.00. The molecule has 3 heteroatoms. The third kappa shape index (κ3) is 2.51. The average Bonchev–Trinajstić information content (AvgIpc) is 2.70. The SMILES string of the molecule is CC1CN(c2ccc(CN)c3ccccc23)CCCO1. The molecule has 3 nitrogen and oxygen atoms in total. The molecule has 2 N–H and O–H groups in total. The maximum absolute atomic E-state index is 5.86. The van der Waals surface area contributed by atoms with Gasteiger partial charge in [0.15, 0.2) is 0 Å². The molecule has 0 aliphatic carbocycles. The second kappa shape index (κ2) is 5.81. The molecule has 106 valence electrons. The van der Waals surface area contributed by atoms with Gasteiger partial charge in [0.05, 0.1) is 6.10 Å². The van der Waals surface area contributed by atoms with E-state index in [-0.39, 0.29) is 6.10 Å². The number of nitrogens with zero attached hydrogens (tertiary/aromatic N) is 1. The van der Waals surface area contributed by atoms with Crippen molar-refractivity contribution in [1.29, 1.82) is 0 Å². The molecule has 0 amide bonds. The van der Waals surface area contributed by atoms with Crippen LogP contribution in [0.3, 0.4) is 0 Å². The predicted molar refractivity (Wildman–Crippen MR) is 84.1 cm³/mol. The number of nitrogens with two attached hydrogens (primary N) is 1. The summed E-state index contributed by atoms with van der Waals surface area (Å²) in [6, 6.07) is 12.9. The molecular formula is C17H22N2O. The molecule has 1 atom stereocenters. The van der Waals surface area contributed by atoms with Gasteiger partial charge < -0.3 is 15.4 Å². The number of fused-ring (bicyclic) bond motifs is 1. The summed E-state index contributed by atoms with van der Waals surface area (Å²) in [6.07, 6.45) is 1.36. The fourth-order valence-electron chi connectivity index (χ4n) is 3.01. The van der Waals surface area contributed by atoms with Crippen LogP contribution in [-0.4, -0.2) is 25.8 Å². The molecule has 1 heterocycles. The van der Waals surface area contributed by atoms with Crippen molar-refractivity contribution >= 4 is 16.5 Å². The van der Waals surface area contributed by atoms with Crippen LogP contribution in [-0.2, 0) is 11.3 Å². The number of hydrogen-bond donors (Lipinski definition) is 1. The van der Waals surface area contributed by atoms with Crippen molar-refractivity contribution in [3.63, 3.8) is 0 Å². The van der Waals surface area contributed by atoms with E-state index in [1.54, 1.807) is 0 Å². The van der Waals surface area contributed by atoms with E-state index in [0.29, 0.717) is 6.54 Å². The molecule has 0 bridgehead atoms. The van der Waals surface area contributed by atoms with Crippen molar-refractivity contribution in [2.24, 2.45) is 5.73 Å². The zero-order valence-corrected chi connectivity index (χ0v) is 12.0. The highest BCUT2D eigenvalue weighted by atomic mass is 16.5. The van der Waals surface area contributed by atoms with Crippen LogP contribution in [0.4, 0.5) is 5.69 Å². The minimum atomic E-state index is 0.283. The minimum Gasteiger partial charge on any atom is -0.377 e. The van der Waals surface area contributed by atoms with Gasteiger partial charge in [-0.15, -0.1) is 0 Å². The largest absolute Gasteiger partial charge is 0.377 e. The van der Waals surface area contributed by atoms with Crippen LogP contribution in [0.2, 0.25) is 0 Å². The molecule has 0 saturated carbocycles. The Bertz CT molecular complexity index is 597. The summed E-state index contributed by atoms with van der Waals surface area (Å²) >= 11 is 0. The molecule has 1 unspecified atom stereocenters. The molecule has 3 rings (SSSR count). The van der Waals surface area contributed by atoms with E-state index in [9.17, 15) is 0 Å². The lowest BCUT2D eigenvalue weighted by Gasteiger charge is -2.26. The Hall–Kier alpha value is -1.58. The van der Waals surface area contributed by atoms with Gasteiger partial charge in [0.1, 0.15) is 0 Å². The van der Waals surface area contributed by atoms with Gasteiger partial charge in [0.2, 0.25) is 0 Å². The molecule has 1 saturated heterocycles. The standard InChI is InChI=1S/C17H22N2O/c1-13-12-19(9-4-10-20-13)17-8-7-14(11-18)15-5-2-3-6-16(15)17/h2-3,5-8,13H,4,9-12,18H2,1H3. The summed E-state index contributed by atoms with van der Waals surface area (Å²) in [5, 5.41) is 2.56.